The van der Waals surface area contributed by atoms with Gasteiger partial charge in [-0.05, 0) is 19.8 Å². The zero-order valence-corrected chi connectivity index (χ0v) is 10.8. The van der Waals surface area contributed by atoms with Crippen LogP contribution in [-0.2, 0) is 9.53 Å². The van der Waals surface area contributed by atoms with Crippen LogP contribution in [0.1, 0.15) is 52.9 Å². The van der Waals surface area contributed by atoms with E-state index in [9.17, 15) is 4.79 Å². The van der Waals surface area contributed by atoms with Crippen LogP contribution in [0.4, 0.5) is 0 Å². The Hall–Kier alpha value is -0.830. The molecule has 1 atom stereocenters. The van der Waals surface area contributed by atoms with Gasteiger partial charge in [0.15, 0.2) is 0 Å². The van der Waals surface area contributed by atoms with Crippen LogP contribution in [-0.4, -0.2) is 18.6 Å². The Labute approximate surface area is 99.0 Å². The molecule has 0 aliphatic heterocycles. The summed E-state index contributed by atoms with van der Waals surface area (Å²) in [5, 5.41) is 0. The van der Waals surface area contributed by atoms with Crippen molar-refractivity contribution in [2.75, 3.05) is 6.61 Å². The van der Waals surface area contributed by atoms with Crippen molar-refractivity contribution in [1.82, 2.24) is 0 Å². The van der Waals surface area contributed by atoms with Crippen molar-refractivity contribution in [3.8, 4) is 0 Å². The Bertz CT molecular complexity index is 224. The molecule has 0 aliphatic carbocycles. The summed E-state index contributed by atoms with van der Waals surface area (Å²) in [6, 6.07) is -0.175. The third kappa shape index (κ3) is 5.91. The minimum absolute atomic E-state index is 0.175. The molecule has 0 aromatic carbocycles. The van der Waals surface area contributed by atoms with E-state index < -0.39 is 0 Å². The Morgan fingerprint density at radius 2 is 2.00 bits per heavy atom. The fourth-order valence-corrected chi connectivity index (χ4v) is 1.59. The Morgan fingerprint density at radius 3 is 2.50 bits per heavy atom. The summed E-state index contributed by atoms with van der Waals surface area (Å²) in [6.07, 6.45) is 6.95. The van der Waals surface area contributed by atoms with Crippen LogP contribution < -0.4 is 5.73 Å². The molecule has 0 aromatic heterocycles. The summed E-state index contributed by atoms with van der Waals surface area (Å²) in [5.74, 6) is -0.256. The van der Waals surface area contributed by atoms with E-state index in [-0.39, 0.29) is 12.0 Å². The maximum Gasteiger partial charge on any atom is 0.335 e. The van der Waals surface area contributed by atoms with E-state index in [4.69, 9.17) is 10.5 Å². The van der Waals surface area contributed by atoms with Crippen LogP contribution in [0.5, 0.6) is 0 Å². The van der Waals surface area contributed by atoms with E-state index in [1.54, 1.807) is 0 Å². The average molecular weight is 227 g/mol. The van der Waals surface area contributed by atoms with Gasteiger partial charge in [0, 0.05) is 11.6 Å². The highest BCUT2D eigenvalue weighted by molar-refractivity contribution is 5.89. The minimum atomic E-state index is -0.256. The van der Waals surface area contributed by atoms with E-state index in [0.29, 0.717) is 12.2 Å². The van der Waals surface area contributed by atoms with Crippen molar-refractivity contribution in [3.05, 3.63) is 11.6 Å². The van der Waals surface area contributed by atoms with Crippen LogP contribution in [0.2, 0.25) is 0 Å². The predicted octanol–water partition coefficient (Wildman–Crippen LogP) is 2.79. The molecular weight excluding hydrogens is 202 g/mol. The van der Waals surface area contributed by atoms with Crippen LogP contribution in [0.15, 0.2) is 11.6 Å². The smallest absolute Gasteiger partial charge is 0.335 e. The zero-order valence-electron chi connectivity index (χ0n) is 10.8. The van der Waals surface area contributed by atoms with Gasteiger partial charge in [0.1, 0.15) is 0 Å². The van der Waals surface area contributed by atoms with Crippen molar-refractivity contribution in [1.29, 1.82) is 0 Å². The highest BCUT2D eigenvalue weighted by Gasteiger charge is 2.17. The number of hydrogen-bond donors (Lipinski definition) is 1. The second-order valence-corrected chi connectivity index (χ2v) is 3.89. The quantitative estimate of drug-likeness (QED) is 0.394. The first-order chi connectivity index (χ1) is 7.67. The Kier molecular flexibility index (Phi) is 8.91. The first-order valence-corrected chi connectivity index (χ1v) is 6.30. The zero-order chi connectivity index (χ0) is 12.4. The van der Waals surface area contributed by atoms with Gasteiger partial charge in [-0.25, -0.2) is 4.79 Å². The molecule has 0 fully saturated rings. The fraction of sp³-hybridized carbons (Fsp3) is 0.769. The van der Waals surface area contributed by atoms with Crippen molar-refractivity contribution in [2.45, 2.75) is 58.9 Å². The summed E-state index contributed by atoms with van der Waals surface area (Å²) in [6.45, 7) is 6.36. The summed E-state index contributed by atoms with van der Waals surface area (Å²) in [5.41, 5.74) is 6.65. The summed E-state index contributed by atoms with van der Waals surface area (Å²) < 4.78 is 5.00. The van der Waals surface area contributed by atoms with E-state index in [1.807, 2.05) is 19.9 Å². The average Bonchev–Trinajstić information content (AvgIpc) is 2.26. The molecule has 0 amide bonds. The lowest BCUT2D eigenvalue weighted by atomic mass is 10.0. The molecule has 0 aliphatic rings. The van der Waals surface area contributed by atoms with Crippen LogP contribution in [0.3, 0.4) is 0 Å². The normalized spacial score (nSPS) is 13.6. The van der Waals surface area contributed by atoms with E-state index >= 15 is 0 Å². The van der Waals surface area contributed by atoms with E-state index in [1.165, 1.54) is 6.42 Å². The summed E-state index contributed by atoms with van der Waals surface area (Å²) in [7, 11) is 0. The Balaban J connectivity index is 4.29. The number of allylic oxidation sites excluding steroid dienone is 1. The molecule has 0 saturated heterocycles. The number of rotatable bonds is 8. The molecule has 3 nitrogen and oxygen atoms in total. The van der Waals surface area contributed by atoms with Gasteiger partial charge in [-0.2, -0.15) is 0 Å². The molecule has 0 spiro atoms. The lowest BCUT2D eigenvalue weighted by molar-refractivity contribution is -0.138. The number of carbonyl (C=O) groups excluding carboxylic acids is 1. The molecule has 16 heavy (non-hydrogen) atoms. The molecule has 0 radical (unpaired) electrons. The third-order valence-electron chi connectivity index (χ3n) is 2.45. The molecular formula is C13H25NO2. The van der Waals surface area contributed by atoms with Gasteiger partial charge in [0.05, 0.1) is 6.61 Å². The maximum atomic E-state index is 11.6. The highest BCUT2D eigenvalue weighted by atomic mass is 16.5. The second-order valence-electron chi connectivity index (χ2n) is 3.89. The highest BCUT2D eigenvalue weighted by Crippen LogP contribution is 2.12. The number of unbranched alkanes of at least 4 members (excludes halogenated alkanes) is 2. The molecule has 0 aromatic rings. The van der Waals surface area contributed by atoms with Crippen LogP contribution >= 0.6 is 0 Å². The molecule has 0 rings (SSSR count). The van der Waals surface area contributed by atoms with E-state index in [2.05, 4.69) is 6.92 Å². The standard InChI is InChI=1S/C13H25NO2/c1-4-7-8-10-12(14)11(9-5-2)13(15)16-6-3/h9,12H,4-8,10,14H2,1-3H3. The molecule has 2 N–H and O–H groups in total. The molecule has 94 valence electrons. The number of carbonyl (C=O) groups is 1. The van der Waals surface area contributed by atoms with Gasteiger partial charge in [0.2, 0.25) is 0 Å². The second kappa shape index (κ2) is 9.40. The van der Waals surface area contributed by atoms with Crippen LogP contribution in [0.25, 0.3) is 0 Å². The fourth-order valence-electron chi connectivity index (χ4n) is 1.59. The lowest BCUT2D eigenvalue weighted by Gasteiger charge is -2.14. The topological polar surface area (TPSA) is 52.3 Å². The van der Waals surface area contributed by atoms with Crippen molar-refractivity contribution in [2.24, 2.45) is 5.73 Å². The van der Waals surface area contributed by atoms with Gasteiger partial charge in [0.25, 0.3) is 0 Å². The number of ether oxygens (including phenoxy) is 1. The van der Waals surface area contributed by atoms with Gasteiger partial charge < -0.3 is 10.5 Å². The SMILES string of the molecule is CCC=C(C(=O)OCC)C(N)CCCCC. The van der Waals surface area contributed by atoms with Gasteiger partial charge >= 0.3 is 5.97 Å². The molecule has 0 bridgehead atoms. The monoisotopic (exact) mass is 227 g/mol. The van der Waals surface area contributed by atoms with Crippen LogP contribution in [0, 0.1) is 0 Å². The Morgan fingerprint density at radius 1 is 1.31 bits per heavy atom. The number of nitrogens with two attached hydrogens (primary N) is 1. The molecule has 3 heteroatoms. The largest absolute Gasteiger partial charge is 0.463 e. The molecule has 0 saturated carbocycles. The number of hydrogen-bond acceptors (Lipinski definition) is 3. The third-order valence-corrected chi connectivity index (χ3v) is 2.45. The number of esters is 1. The van der Waals surface area contributed by atoms with Gasteiger partial charge in [-0.15, -0.1) is 0 Å². The van der Waals surface area contributed by atoms with Gasteiger partial charge in [-0.1, -0.05) is 39.2 Å². The van der Waals surface area contributed by atoms with Crippen molar-refractivity contribution in [3.63, 3.8) is 0 Å². The maximum absolute atomic E-state index is 11.6. The van der Waals surface area contributed by atoms with Crippen molar-refractivity contribution < 1.29 is 9.53 Å². The first-order valence-electron chi connectivity index (χ1n) is 6.30. The predicted molar refractivity (Wildman–Crippen MR) is 67.1 cm³/mol. The minimum Gasteiger partial charge on any atom is -0.463 e. The summed E-state index contributed by atoms with van der Waals surface area (Å²) >= 11 is 0. The molecule has 1 unspecified atom stereocenters. The molecule has 0 heterocycles. The lowest BCUT2D eigenvalue weighted by Crippen LogP contribution is -2.28. The van der Waals surface area contributed by atoms with Gasteiger partial charge in [-0.3, -0.25) is 0 Å². The van der Waals surface area contributed by atoms with E-state index in [0.717, 1.165) is 25.7 Å². The first kappa shape index (κ1) is 15.2. The van der Waals surface area contributed by atoms with Crippen molar-refractivity contribution >= 4 is 5.97 Å². The summed E-state index contributed by atoms with van der Waals surface area (Å²) in [4.78, 5) is 11.6.